The Labute approximate surface area is 241 Å². The number of nitrogens with one attached hydrogen (secondary N) is 2. The molecular formula is C31H42N4O6. The number of anilines is 1. The molecule has 1 saturated carbocycles. The van der Waals surface area contributed by atoms with Gasteiger partial charge in [0, 0.05) is 37.3 Å². The molecule has 1 aliphatic carbocycles. The fourth-order valence-electron chi connectivity index (χ4n) is 5.84. The molecule has 10 heteroatoms. The Hall–Kier alpha value is -3.50. The number of benzene rings is 2. The molecule has 0 aromatic heterocycles. The van der Waals surface area contributed by atoms with Gasteiger partial charge in [0.05, 0.1) is 18.2 Å². The third-order valence-corrected chi connectivity index (χ3v) is 8.24. The zero-order valence-electron chi connectivity index (χ0n) is 24.2. The number of carbonyl (C=O) groups is 2. The maximum Gasteiger partial charge on any atom is 0.319 e. The van der Waals surface area contributed by atoms with Crippen LogP contribution in [0.25, 0.3) is 0 Å². The predicted octanol–water partition coefficient (Wildman–Crippen LogP) is 4.22. The van der Waals surface area contributed by atoms with Crippen molar-refractivity contribution in [2.45, 2.75) is 70.7 Å². The Morgan fingerprint density at radius 1 is 1.10 bits per heavy atom. The number of fused-ring (bicyclic) bond motifs is 2. The van der Waals surface area contributed by atoms with Gasteiger partial charge in [0.1, 0.15) is 11.9 Å². The van der Waals surface area contributed by atoms with Crippen molar-refractivity contribution < 1.29 is 28.9 Å². The average Bonchev–Trinajstić information content (AvgIpc) is 3.43. The van der Waals surface area contributed by atoms with Crippen molar-refractivity contribution in [3.8, 4) is 17.2 Å². The minimum Gasteiger partial charge on any atom is -0.488 e. The van der Waals surface area contributed by atoms with Gasteiger partial charge in [-0.25, -0.2) is 4.79 Å². The van der Waals surface area contributed by atoms with Gasteiger partial charge in [-0.1, -0.05) is 32.3 Å². The minimum atomic E-state index is -0.367. The Morgan fingerprint density at radius 3 is 2.63 bits per heavy atom. The number of likely N-dealkylation sites (N-methyl/N-ethyl adjacent to an activating group) is 1. The summed E-state index contributed by atoms with van der Waals surface area (Å²) in [7, 11) is 2.04. The lowest BCUT2D eigenvalue weighted by molar-refractivity contribution is 0.0341. The van der Waals surface area contributed by atoms with Crippen molar-refractivity contribution in [1.29, 1.82) is 0 Å². The van der Waals surface area contributed by atoms with Gasteiger partial charge in [-0.05, 0) is 62.7 Å². The largest absolute Gasteiger partial charge is 0.488 e. The summed E-state index contributed by atoms with van der Waals surface area (Å²) in [6.07, 6.45) is 5.22. The molecule has 0 spiro atoms. The van der Waals surface area contributed by atoms with Crippen LogP contribution in [0.2, 0.25) is 0 Å². The van der Waals surface area contributed by atoms with Crippen LogP contribution < -0.4 is 24.8 Å². The van der Waals surface area contributed by atoms with E-state index >= 15 is 0 Å². The summed E-state index contributed by atoms with van der Waals surface area (Å²) >= 11 is 0. The van der Waals surface area contributed by atoms with Gasteiger partial charge < -0.3 is 34.9 Å². The third kappa shape index (κ3) is 7.05. The first kappa shape index (κ1) is 29.0. The SMILES string of the molecule is C[C@@H]1CN([C@@H](C)CO)C(=O)c2cc(NC(=O)NC3CCCCC3)ccc2O[C@H]1CN(C)Cc1ccc2c(c1)OCO2. The lowest BCUT2D eigenvalue weighted by atomic mass is 9.96. The fraction of sp³-hybridized carbons (Fsp3) is 0.548. The van der Waals surface area contributed by atoms with Gasteiger partial charge in [0.25, 0.3) is 5.91 Å². The standard InChI is InChI=1S/C31H42N4O6/c1-20-15-35(21(2)18-36)30(37)25-14-24(33-31(38)32-23-7-5-4-6-8-23)10-12-26(25)41-29(20)17-34(3)16-22-9-11-27-28(13-22)40-19-39-27/h9-14,20-21,23,29,36H,4-8,15-19H2,1-3H3,(H2,32,33,38)/t20-,21+,29+/m1/s1. The molecule has 3 N–H and O–H groups in total. The molecule has 3 atom stereocenters. The smallest absolute Gasteiger partial charge is 0.319 e. The summed E-state index contributed by atoms with van der Waals surface area (Å²) in [6.45, 7) is 5.74. The molecule has 222 valence electrons. The van der Waals surface area contributed by atoms with E-state index in [0.29, 0.717) is 36.6 Å². The van der Waals surface area contributed by atoms with Gasteiger partial charge in [-0.3, -0.25) is 9.69 Å². The predicted molar refractivity (Wildman–Crippen MR) is 156 cm³/mol. The monoisotopic (exact) mass is 566 g/mol. The normalized spacial score (nSPS) is 21.5. The topological polar surface area (TPSA) is 113 Å². The van der Waals surface area contributed by atoms with Crippen molar-refractivity contribution in [2.75, 3.05) is 38.9 Å². The van der Waals surface area contributed by atoms with Gasteiger partial charge in [0.2, 0.25) is 6.79 Å². The van der Waals surface area contributed by atoms with Crippen LogP contribution in [0, 0.1) is 5.92 Å². The first-order chi connectivity index (χ1) is 19.8. The molecule has 41 heavy (non-hydrogen) atoms. The summed E-state index contributed by atoms with van der Waals surface area (Å²) in [5.41, 5.74) is 2.00. The van der Waals surface area contributed by atoms with Crippen LogP contribution in [-0.2, 0) is 6.54 Å². The minimum absolute atomic E-state index is 0.000577. The summed E-state index contributed by atoms with van der Waals surface area (Å²) in [5.74, 6) is 1.75. The van der Waals surface area contributed by atoms with Gasteiger partial charge in [-0.2, -0.15) is 0 Å². The number of rotatable bonds is 8. The van der Waals surface area contributed by atoms with Gasteiger partial charge in [0.15, 0.2) is 11.5 Å². The van der Waals surface area contributed by atoms with Crippen LogP contribution in [0.4, 0.5) is 10.5 Å². The number of hydrogen-bond acceptors (Lipinski definition) is 7. The second kappa shape index (κ2) is 13.0. The van der Waals surface area contributed by atoms with Crippen LogP contribution in [0.1, 0.15) is 61.9 Å². The maximum absolute atomic E-state index is 13.7. The van der Waals surface area contributed by atoms with E-state index in [1.807, 2.05) is 32.2 Å². The highest BCUT2D eigenvalue weighted by Gasteiger charge is 2.33. The van der Waals surface area contributed by atoms with Crippen LogP contribution >= 0.6 is 0 Å². The van der Waals surface area contributed by atoms with E-state index in [-0.39, 0.29) is 49.4 Å². The fourth-order valence-corrected chi connectivity index (χ4v) is 5.84. The average molecular weight is 567 g/mol. The molecule has 2 aromatic rings. The quantitative estimate of drug-likeness (QED) is 0.439. The molecule has 2 heterocycles. The number of carbonyl (C=O) groups excluding carboxylic acids is 2. The first-order valence-corrected chi connectivity index (χ1v) is 14.7. The number of amides is 3. The molecular weight excluding hydrogens is 524 g/mol. The summed E-state index contributed by atoms with van der Waals surface area (Å²) in [5, 5.41) is 15.9. The molecule has 0 bridgehead atoms. The lowest BCUT2D eigenvalue weighted by Gasteiger charge is -2.38. The highest BCUT2D eigenvalue weighted by Crippen LogP contribution is 2.34. The molecule has 2 aliphatic heterocycles. The highest BCUT2D eigenvalue weighted by molar-refractivity contribution is 5.99. The molecule has 0 unspecified atom stereocenters. The first-order valence-electron chi connectivity index (χ1n) is 14.7. The number of nitrogens with zero attached hydrogens (tertiary/aromatic N) is 2. The van der Waals surface area contributed by atoms with Crippen LogP contribution in [0.15, 0.2) is 36.4 Å². The summed E-state index contributed by atoms with van der Waals surface area (Å²) in [4.78, 5) is 30.3. The van der Waals surface area contributed by atoms with Crippen molar-refractivity contribution in [3.05, 3.63) is 47.5 Å². The van der Waals surface area contributed by atoms with Crippen LogP contribution in [0.3, 0.4) is 0 Å². The zero-order valence-corrected chi connectivity index (χ0v) is 24.2. The van der Waals surface area contributed by atoms with E-state index in [0.717, 1.165) is 42.7 Å². The maximum atomic E-state index is 13.7. The number of aliphatic hydroxyl groups is 1. The highest BCUT2D eigenvalue weighted by atomic mass is 16.7. The molecule has 5 rings (SSSR count). The number of ether oxygens (including phenoxy) is 3. The Morgan fingerprint density at radius 2 is 1.85 bits per heavy atom. The van der Waals surface area contributed by atoms with Crippen molar-refractivity contribution >= 4 is 17.6 Å². The number of aliphatic hydroxyl groups excluding tert-OH is 1. The van der Waals surface area contributed by atoms with E-state index in [2.05, 4.69) is 22.5 Å². The van der Waals surface area contributed by atoms with Gasteiger partial charge >= 0.3 is 6.03 Å². The number of urea groups is 1. The van der Waals surface area contributed by atoms with Gasteiger partial charge in [-0.15, -0.1) is 0 Å². The Balaban J connectivity index is 1.32. The van der Waals surface area contributed by atoms with Crippen molar-refractivity contribution in [1.82, 2.24) is 15.1 Å². The molecule has 10 nitrogen and oxygen atoms in total. The summed E-state index contributed by atoms with van der Waals surface area (Å²) < 4.78 is 17.5. The zero-order chi connectivity index (χ0) is 28.9. The van der Waals surface area contributed by atoms with E-state index in [1.54, 1.807) is 23.1 Å². The van der Waals surface area contributed by atoms with Crippen LogP contribution in [-0.4, -0.2) is 78.6 Å². The molecule has 3 aliphatic rings. The lowest BCUT2D eigenvalue weighted by Crippen LogP contribution is -2.49. The Kier molecular flexibility index (Phi) is 9.19. The van der Waals surface area contributed by atoms with E-state index in [1.165, 1.54) is 6.42 Å². The van der Waals surface area contributed by atoms with Crippen molar-refractivity contribution in [3.63, 3.8) is 0 Å². The second-order valence-electron chi connectivity index (χ2n) is 11.7. The van der Waals surface area contributed by atoms with E-state index in [9.17, 15) is 14.7 Å². The van der Waals surface area contributed by atoms with E-state index < -0.39 is 0 Å². The molecule has 2 aromatic carbocycles. The molecule has 0 saturated heterocycles. The molecule has 1 fully saturated rings. The molecule has 3 amide bonds. The molecule has 0 radical (unpaired) electrons. The second-order valence-corrected chi connectivity index (χ2v) is 11.7. The third-order valence-electron chi connectivity index (χ3n) is 8.24. The number of hydrogen-bond donors (Lipinski definition) is 3. The van der Waals surface area contributed by atoms with Crippen molar-refractivity contribution in [2.24, 2.45) is 5.92 Å². The van der Waals surface area contributed by atoms with E-state index in [4.69, 9.17) is 14.2 Å². The Bertz CT molecular complexity index is 1230. The van der Waals surface area contributed by atoms with Crippen LogP contribution in [0.5, 0.6) is 17.2 Å². The summed E-state index contributed by atoms with van der Waals surface area (Å²) in [6, 6.07) is 10.7.